The van der Waals surface area contributed by atoms with Gasteiger partial charge in [-0.25, -0.2) is 4.39 Å². The molecule has 138 valence electrons. The first-order chi connectivity index (χ1) is 13.1. The maximum atomic E-state index is 13.2. The molecule has 1 unspecified atom stereocenters. The van der Waals surface area contributed by atoms with Crippen molar-refractivity contribution in [2.24, 2.45) is 0 Å². The summed E-state index contributed by atoms with van der Waals surface area (Å²) >= 11 is 0. The standard InChI is InChI=1S/C22H21FN2O2/c1-16(25-22(26)13-17-6-4-8-19(23)12-17)18-7-5-10-21(14-18)27-15-20-9-2-3-11-24-20/h2-12,14,16H,13,15H2,1H3,(H,25,26). The van der Waals surface area contributed by atoms with Crippen LogP contribution in [0, 0.1) is 5.82 Å². The van der Waals surface area contributed by atoms with E-state index in [0.29, 0.717) is 17.9 Å². The van der Waals surface area contributed by atoms with E-state index in [1.165, 1.54) is 12.1 Å². The number of benzene rings is 2. The molecule has 1 atom stereocenters. The lowest BCUT2D eigenvalue weighted by Gasteiger charge is -2.16. The van der Waals surface area contributed by atoms with E-state index in [4.69, 9.17) is 4.74 Å². The summed E-state index contributed by atoms with van der Waals surface area (Å²) in [4.78, 5) is 16.5. The number of rotatable bonds is 7. The third-order valence-corrected chi connectivity index (χ3v) is 4.10. The molecule has 2 aromatic carbocycles. The Morgan fingerprint density at radius 2 is 1.96 bits per heavy atom. The van der Waals surface area contributed by atoms with Crippen molar-refractivity contribution in [3.8, 4) is 5.75 Å². The minimum Gasteiger partial charge on any atom is -0.487 e. The summed E-state index contributed by atoms with van der Waals surface area (Å²) in [6, 6.07) is 19.1. The molecule has 3 aromatic rings. The van der Waals surface area contributed by atoms with E-state index in [1.807, 2.05) is 49.4 Å². The van der Waals surface area contributed by atoms with Gasteiger partial charge >= 0.3 is 0 Å². The van der Waals surface area contributed by atoms with Crippen LogP contribution < -0.4 is 10.1 Å². The molecule has 27 heavy (non-hydrogen) atoms. The van der Waals surface area contributed by atoms with Gasteiger partial charge in [0.25, 0.3) is 0 Å². The average Bonchev–Trinajstić information content (AvgIpc) is 2.67. The van der Waals surface area contributed by atoms with E-state index < -0.39 is 0 Å². The summed E-state index contributed by atoms with van der Waals surface area (Å²) in [6.45, 7) is 2.28. The van der Waals surface area contributed by atoms with Crippen molar-refractivity contribution >= 4 is 5.91 Å². The minimum absolute atomic E-state index is 0.137. The van der Waals surface area contributed by atoms with E-state index >= 15 is 0 Å². The van der Waals surface area contributed by atoms with Crippen molar-refractivity contribution < 1.29 is 13.9 Å². The van der Waals surface area contributed by atoms with Gasteiger partial charge in [-0.15, -0.1) is 0 Å². The zero-order valence-corrected chi connectivity index (χ0v) is 15.1. The molecule has 4 nitrogen and oxygen atoms in total. The van der Waals surface area contributed by atoms with Crippen LogP contribution in [-0.4, -0.2) is 10.9 Å². The summed E-state index contributed by atoms with van der Waals surface area (Å²) in [5.74, 6) is 0.211. The second kappa shape index (κ2) is 8.94. The van der Waals surface area contributed by atoms with Crippen molar-refractivity contribution in [2.75, 3.05) is 0 Å². The number of aromatic nitrogens is 1. The number of halogens is 1. The van der Waals surface area contributed by atoms with Crippen LogP contribution in [-0.2, 0) is 17.8 Å². The monoisotopic (exact) mass is 364 g/mol. The number of amides is 1. The van der Waals surface area contributed by atoms with Gasteiger partial charge < -0.3 is 10.1 Å². The Bertz CT molecular complexity index is 900. The molecule has 0 fully saturated rings. The topological polar surface area (TPSA) is 51.2 Å². The van der Waals surface area contributed by atoms with Gasteiger partial charge in [-0.1, -0.05) is 30.3 Å². The lowest BCUT2D eigenvalue weighted by atomic mass is 10.1. The second-order valence-corrected chi connectivity index (χ2v) is 6.28. The molecule has 0 spiro atoms. The van der Waals surface area contributed by atoms with Crippen LogP contribution in [0.4, 0.5) is 4.39 Å². The van der Waals surface area contributed by atoms with Crippen LogP contribution in [0.15, 0.2) is 72.9 Å². The van der Waals surface area contributed by atoms with Crippen LogP contribution >= 0.6 is 0 Å². The lowest BCUT2D eigenvalue weighted by molar-refractivity contribution is -0.121. The third-order valence-electron chi connectivity index (χ3n) is 4.10. The zero-order valence-electron chi connectivity index (χ0n) is 15.1. The Morgan fingerprint density at radius 3 is 2.74 bits per heavy atom. The predicted octanol–water partition coefficient (Wildman–Crippen LogP) is 4.22. The molecule has 3 rings (SSSR count). The average molecular weight is 364 g/mol. The fourth-order valence-corrected chi connectivity index (χ4v) is 2.72. The molecule has 1 N–H and O–H groups in total. The molecule has 1 aromatic heterocycles. The van der Waals surface area contributed by atoms with Gasteiger partial charge in [-0.2, -0.15) is 0 Å². The van der Waals surface area contributed by atoms with Gasteiger partial charge in [0.15, 0.2) is 0 Å². The molecule has 1 amide bonds. The van der Waals surface area contributed by atoms with Gasteiger partial charge in [-0.3, -0.25) is 9.78 Å². The van der Waals surface area contributed by atoms with Crippen LogP contribution in [0.1, 0.15) is 29.8 Å². The predicted molar refractivity (Wildman–Crippen MR) is 102 cm³/mol. The molecule has 0 aliphatic carbocycles. The van der Waals surface area contributed by atoms with Gasteiger partial charge in [-0.05, 0) is 54.4 Å². The number of nitrogens with one attached hydrogen (secondary N) is 1. The fraction of sp³-hybridized carbons (Fsp3) is 0.182. The van der Waals surface area contributed by atoms with E-state index in [1.54, 1.807) is 18.3 Å². The highest BCUT2D eigenvalue weighted by molar-refractivity contribution is 5.79. The summed E-state index contributed by atoms with van der Waals surface area (Å²) in [5, 5.41) is 2.94. The number of carbonyl (C=O) groups is 1. The number of hydrogen-bond donors (Lipinski definition) is 1. The van der Waals surface area contributed by atoms with Crippen molar-refractivity contribution in [1.82, 2.24) is 10.3 Å². The Balaban J connectivity index is 1.57. The van der Waals surface area contributed by atoms with Crippen molar-refractivity contribution in [1.29, 1.82) is 0 Å². The number of carbonyl (C=O) groups excluding carboxylic acids is 1. The molecular weight excluding hydrogens is 343 g/mol. The summed E-state index contributed by atoms with van der Waals surface area (Å²) in [5.41, 5.74) is 2.42. The number of nitrogens with zero attached hydrogens (tertiary/aromatic N) is 1. The summed E-state index contributed by atoms with van der Waals surface area (Å²) in [6.07, 6.45) is 1.86. The molecule has 1 heterocycles. The van der Waals surface area contributed by atoms with Crippen LogP contribution in [0.25, 0.3) is 0 Å². The smallest absolute Gasteiger partial charge is 0.224 e. The Morgan fingerprint density at radius 1 is 1.11 bits per heavy atom. The number of hydrogen-bond acceptors (Lipinski definition) is 3. The first kappa shape index (κ1) is 18.6. The highest BCUT2D eigenvalue weighted by atomic mass is 19.1. The van der Waals surface area contributed by atoms with Gasteiger partial charge in [0.1, 0.15) is 18.2 Å². The molecular formula is C22H21FN2O2. The quantitative estimate of drug-likeness (QED) is 0.683. The number of ether oxygens (including phenoxy) is 1. The van der Waals surface area contributed by atoms with Gasteiger partial charge in [0, 0.05) is 6.20 Å². The third kappa shape index (κ3) is 5.64. The van der Waals surface area contributed by atoms with Gasteiger partial charge in [0.05, 0.1) is 18.2 Å². The van der Waals surface area contributed by atoms with Crippen molar-refractivity contribution in [3.05, 3.63) is 95.6 Å². The molecule has 0 saturated carbocycles. The molecule has 0 aliphatic rings. The fourth-order valence-electron chi connectivity index (χ4n) is 2.72. The molecule has 0 bridgehead atoms. The molecule has 0 aliphatic heterocycles. The van der Waals surface area contributed by atoms with E-state index in [0.717, 1.165) is 11.3 Å². The van der Waals surface area contributed by atoms with Crippen LogP contribution in [0.3, 0.4) is 0 Å². The Hall–Kier alpha value is -3.21. The van der Waals surface area contributed by atoms with E-state index in [9.17, 15) is 9.18 Å². The Labute approximate surface area is 158 Å². The normalized spacial score (nSPS) is 11.6. The molecule has 0 radical (unpaired) electrons. The lowest BCUT2D eigenvalue weighted by Crippen LogP contribution is -2.28. The zero-order chi connectivity index (χ0) is 19.1. The minimum atomic E-state index is -0.342. The van der Waals surface area contributed by atoms with Crippen molar-refractivity contribution in [2.45, 2.75) is 26.0 Å². The van der Waals surface area contributed by atoms with Crippen molar-refractivity contribution in [3.63, 3.8) is 0 Å². The highest BCUT2D eigenvalue weighted by Crippen LogP contribution is 2.20. The number of pyridine rings is 1. The summed E-state index contributed by atoms with van der Waals surface area (Å²) in [7, 11) is 0. The largest absolute Gasteiger partial charge is 0.487 e. The maximum Gasteiger partial charge on any atom is 0.224 e. The van der Waals surface area contributed by atoms with E-state index in [2.05, 4.69) is 10.3 Å². The van der Waals surface area contributed by atoms with Crippen LogP contribution in [0.2, 0.25) is 0 Å². The molecule has 5 heteroatoms. The van der Waals surface area contributed by atoms with Gasteiger partial charge in [0.2, 0.25) is 5.91 Å². The van der Waals surface area contributed by atoms with Crippen LogP contribution in [0.5, 0.6) is 5.75 Å². The maximum absolute atomic E-state index is 13.2. The first-order valence-corrected chi connectivity index (χ1v) is 8.76. The first-order valence-electron chi connectivity index (χ1n) is 8.76. The SMILES string of the molecule is CC(NC(=O)Cc1cccc(F)c1)c1cccc(OCc2ccccn2)c1. The molecule has 0 saturated heterocycles. The summed E-state index contributed by atoms with van der Waals surface area (Å²) < 4.78 is 19.0. The second-order valence-electron chi connectivity index (χ2n) is 6.28. The van der Waals surface area contributed by atoms with E-state index in [-0.39, 0.29) is 24.2 Å². The Kier molecular flexibility index (Phi) is 6.15. The highest BCUT2D eigenvalue weighted by Gasteiger charge is 2.11.